The molecule has 1 saturated heterocycles. The van der Waals surface area contributed by atoms with Gasteiger partial charge in [-0.1, -0.05) is 36.1 Å². The van der Waals surface area contributed by atoms with E-state index in [4.69, 9.17) is 17.3 Å². The lowest BCUT2D eigenvalue weighted by Crippen LogP contribution is -2.29. The summed E-state index contributed by atoms with van der Waals surface area (Å²) >= 11 is 6.13. The van der Waals surface area contributed by atoms with Crippen LogP contribution in [0, 0.1) is 0 Å². The number of halogens is 3. The van der Waals surface area contributed by atoms with Crippen molar-refractivity contribution in [2.75, 3.05) is 6.54 Å². The minimum atomic E-state index is -4.41. The van der Waals surface area contributed by atoms with E-state index in [1.54, 1.807) is 0 Å². The number of alkyl halides is 3. The van der Waals surface area contributed by atoms with E-state index >= 15 is 0 Å². The molecule has 4 nitrogen and oxygen atoms in total. The van der Waals surface area contributed by atoms with Crippen molar-refractivity contribution in [1.82, 2.24) is 4.90 Å². The predicted octanol–water partition coefficient (Wildman–Crippen LogP) is 3.77. The zero-order valence-electron chi connectivity index (χ0n) is 12.2. The summed E-state index contributed by atoms with van der Waals surface area (Å²) in [6.07, 6.45) is -2.74. The van der Waals surface area contributed by atoms with Gasteiger partial charge in [0.1, 0.15) is 4.32 Å². The van der Waals surface area contributed by atoms with Crippen LogP contribution in [0.15, 0.2) is 29.2 Å². The average Bonchev–Trinajstić information content (AvgIpc) is 2.74. The summed E-state index contributed by atoms with van der Waals surface area (Å²) in [4.78, 5) is 24.4. The highest BCUT2D eigenvalue weighted by Crippen LogP contribution is 2.33. The van der Waals surface area contributed by atoms with Crippen molar-refractivity contribution in [1.29, 1.82) is 0 Å². The summed E-state index contributed by atoms with van der Waals surface area (Å²) < 4.78 is 37.9. The zero-order valence-corrected chi connectivity index (χ0v) is 13.8. The quantitative estimate of drug-likeness (QED) is 0.627. The summed E-state index contributed by atoms with van der Waals surface area (Å²) in [6, 6.07) is 4.44. The number of thiocarbonyl (C=S) groups is 1. The third-order valence-corrected chi connectivity index (χ3v) is 4.56. The third-order valence-electron chi connectivity index (χ3n) is 3.18. The van der Waals surface area contributed by atoms with Gasteiger partial charge in [-0.3, -0.25) is 14.5 Å². The molecule has 1 aliphatic rings. The molecule has 1 heterocycles. The number of hydrogen-bond donors (Lipinski definition) is 1. The van der Waals surface area contributed by atoms with Gasteiger partial charge in [-0.15, -0.1) is 0 Å². The topological polar surface area (TPSA) is 57.6 Å². The minimum absolute atomic E-state index is 0.0744. The molecule has 0 aromatic heterocycles. The maximum Gasteiger partial charge on any atom is 0.416 e. The molecule has 0 unspecified atom stereocenters. The molecule has 1 amide bonds. The van der Waals surface area contributed by atoms with Gasteiger partial charge in [-0.05, 0) is 30.2 Å². The van der Waals surface area contributed by atoms with Crippen LogP contribution >= 0.6 is 24.0 Å². The number of rotatable bonds is 5. The lowest BCUT2D eigenvalue weighted by Gasteiger charge is -2.13. The monoisotopic (exact) mass is 375 g/mol. The van der Waals surface area contributed by atoms with E-state index in [9.17, 15) is 22.8 Å². The molecule has 9 heteroatoms. The van der Waals surface area contributed by atoms with Crippen LogP contribution in [0.25, 0.3) is 6.08 Å². The van der Waals surface area contributed by atoms with Crippen molar-refractivity contribution in [3.63, 3.8) is 0 Å². The largest absolute Gasteiger partial charge is 0.481 e. The normalized spacial score (nSPS) is 17.0. The van der Waals surface area contributed by atoms with E-state index in [1.165, 1.54) is 23.1 Å². The fraction of sp³-hybridized carbons (Fsp3) is 0.267. The fourth-order valence-electron chi connectivity index (χ4n) is 2.00. The predicted molar refractivity (Wildman–Crippen MR) is 88.2 cm³/mol. The first kappa shape index (κ1) is 18.5. The van der Waals surface area contributed by atoms with Gasteiger partial charge in [0.15, 0.2) is 0 Å². The van der Waals surface area contributed by atoms with Crippen LogP contribution in [0.4, 0.5) is 13.2 Å². The molecule has 0 aliphatic carbocycles. The number of hydrogen-bond acceptors (Lipinski definition) is 4. The summed E-state index contributed by atoms with van der Waals surface area (Å²) in [7, 11) is 0. The number of carbonyl (C=O) groups is 2. The molecular weight excluding hydrogens is 363 g/mol. The summed E-state index contributed by atoms with van der Waals surface area (Å²) in [5.74, 6) is -1.32. The van der Waals surface area contributed by atoms with Gasteiger partial charge < -0.3 is 5.11 Å². The van der Waals surface area contributed by atoms with Crippen molar-refractivity contribution in [3.8, 4) is 0 Å². The second kappa shape index (κ2) is 7.35. The van der Waals surface area contributed by atoms with Gasteiger partial charge in [0.05, 0.1) is 10.5 Å². The number of carboxylic acid groups (broad SMARTS) is 1. The minimum Gasteiger partial charge on any atom is -0.481 e. The van der Waals surface area contributed by atoms with Gasteiger partial charge in [-0.25, -0.2) is 0 Å². The van der Waals surface area contributed by atoms with E-state index in [2.05, 4.69) is 0 Å². The second-order valence-electron chi connectivity index (χ2n) is 4.95. The fourth-order valence-corrected chi connectivity index (χ4v) is 3.31. The van der Waals surface area contributed by atoms with Gasteiger partial charge in [0, 0.05) is 13.0 Å². The maximum atomic E-state index is 12.5. The van der Waals surface area contributed by atoms with Crippen LogP contribution in [-0.4, -0.2) is 32.7 Å². The molecule has 1 N–H and O–H groups in total. The van der Waals surface area contributed by atoms with E-state index in [0.717, 1.165) is 23.9 Å². The molecule has 0 bridgehead atoms. The van der Waals surface area contributed by atoms with Crippen molar-refractivity contribution in [3.05, 3.63) is 40.3 Å². The van der Waals surface area contributed by atoms with Crippen molar-refractivity contribution in [2.24, 2.45) is 0 Å². The Morgan fingerprint density at radius 1 is 1.29 bits per heavy atom. The van der Waals surface area contributed by atoms with Crippen LogP contribution in [0.1, 0.15) is 24.0 Å². The second-order valence-corrected chi connectivity index (χ2v) is 6.63. The number of nitrogens with zero attached hydrogens (tertiary/aromatic N) is 1. The van der Waals surface area contributed by atoms with E-state index in [-0.39, 0.29) is 25.3 Å². The Morgan fingerprint density at radius 3 is 2.46 bits per heavy atom. The van der Waals surface area contributed by atoms with E-state index in [1.807, 2.05) is 0 Å². The molecule has 128 valence electrons. The Morgan fingerprint density at radius 2 is 1.92 bits per heavy atom. The zero-order chi connectivity index (χ0) is 17.9. The molecule has 24 heavy (non-hydrogen) atoms. The highest BCUT2D eigenvalue weighted by molar-refractivity contribution is 8.26. The number of aliphatic carboxylic acids is 1. The van der Waals surface area contributed by atoms with Crippen LogP contribution < -0.4 is 0 Å². The van der Waals surface area contributed by atoms with Crippen LogP contribution in [-0.2, 0) is 15.8 Å². The van der Waals surface area contributed by atoms with Crippen LogP contribution in [0.5, 0.6) is 0 Å². The number of thioether (sulfide) groups is 1. The highest BCUT2D eigenvalue weighted by Gasteiger charge is 2.32. The number of amides is 1. The van der Waals surface area contributed by atoms with E-state index in [0.29, 0.717) is 14.8 Å². The first-order valence-electron chi connectivity index (χ1n) is 6.83. The van der Waals surface area contributed by atoms with Crippen molar-refractivity contribution in [2.45, 2.75) is 19.0 Å². The summed E-state index contributed by atoms with van der Waals surface area (Å²) in [6.45, 7) is 0.196. The third kappa shape index (κ3) is 4.57. The SMILES string of the molecule is O=C(O)CCCN1C(=O)C(=Cc2ccc(C(F)(F)F)cc2)SC1=S. The average molecular weight is 375 g/mol. The van der Waals surface area contributed by atoms with Gasteiger partial charge in [0.25, 0.3) is 5.91 Å². The lowest BCUT2D eigenvalue weighted by molar-refractivity contribution is -0.138. The molecule has 0 spiro atoms. The Kier molecular flexibility index (Phi) is 5.66. The molecule has 0 saturated carbocycles. The first-order chi connectivity index (χ1) is 11.2. The van der Waals surface area contributed by atoms with Crippen LogP contribution in [0.3, 0.4) is 0 Å². The van der Waals surface area contributed by atoms with Crippen LogP contribution in [0.2, 0.25) is 0 Å². The number of carbonyl (C=O) groups excluding carboxylic acids is 1. The molecule has 1 fully saturated rings. The smallest absolute Gasteiger partial charge is 0.416 e. The lowest BCUT2D eigenvalue weighted by atomic mass is 10.1. The molecule has 1 aliphatic heterocycles. The Bertz CT molecular complexity index is 699. The Hall–Kier alpha value is -1.87. The molecule has 2 rings (SSSR count). The Balaban J connectivity index is 2.09. The highest BCUT2D eigenvalue weighted by atomic mass is 32.2. The van der Waals surface area contributed by atoms with Crippen molar-refractivity contribution < 1.29 is 27.9 Å². The molecule has 1 aromatic carbocycles. The van der Waals surface area contributed by atoms with Gasteiger partial charge in [-0.2, -0.15) is 13.2 Å². The first-order valence-corrected chi connectivity index (χ1v) is 8.05. The summed E-state index contributed by atoms with van der Waals surface area (Å²) in [5.41, 5.74) is -0.310. The Labute approximate surface area is 145 Å². The van der Waals surface area contributed by atoms with E-state index < -0.39 is 17.7 Å². The molecule has 0 atom stereocenters. The number of carboxylic acids is 1. The summed E-state index contributed by atoms with van der Waals surface area (Å²) in [5, 5.41) is 8.61. The standard InChI is InChI=1S/C15H12F3NO3S2/c16-15(17,18)10-5-3-9(4-6-10)8-11-13(22)19(14(23)24-11)7-1-2-12(20)21/h3-6,8H,1-2,7H2,(H,20,21). The number of benzene rings is 1. The maximum absolute atomic E-state index is 12.5. The molecule has 0 radical (unpaired) electrons. The molecular formula is C15H12F3NO3S2. The molecule has 1 aromatic rings. The van der Waals surface area contributed by atoms with Crippen molar-refractivity contribution >= 4 is 46.3 Å². The van der Waals surface area contributed by atoms with Gasteiger partial charge in [0.2, 0.25) is 0 Å². The van der Waals surface area contributed by atoms with Gasteiger partial charge >= 0.3 is 12.1 Å².